The molecule has 0 bridgehead atoms. The predicted octanol–water partition coefficient (Wildman–Crippen LogP) is 4.94. The molecule has 0 fully saturated rings. The van der Waals surface area contributed by atoms with Gasteiger partial charge in [-0.3, -0.25) is 9.78 Å². The number of aryl methyl sites for hydroxylation is 2. The molecule has 8 heteroatoms. The van der Waals surface area contributed by atoms with Gasteiger partial charge in [0.15, 0.2) is 17.3 Å². The zero-order valence-corrected chi connectivity index (χ0v) is 20.9. The molecule has 0 aliphatic carbocycles. The summed E-state index contributed by atoms with van der Waals surface area (Å²) in [5.41, 5.74) is 2.66. The van der Waals surface area contributed by atoms with Gasteiger partial charge in [-0.1, -0.05) is 12.1 Å². The summed E-state index contributed by atoms with van der Waals surface area (Å²) < 4.78 is 43.9. The first-order valence-corrected chi connectivity index (χ1v) is 12.3. The van der Waals surface area contributed by atoms with E-state index in [2.05, 4.69) is 4.98 Å². The first-order chi connectivity index (χ1) is 16.7. The number of sulfone groups is 1. The van der Waals surface area contributed by atoms with Gasteiger partial charge in [-0.2, -0.15) is 0 Å². The number of carbonyl (C=O) groups excluding carboxylic acids is 1. The first-order valence-electron chi connectivity index (χ1n) is 10.8. The molecule has 0 saturated carbocycles. The van der Waals surface area contributed by atoms with E-state index in [-0.39, 0.29) is 20.7 Å². The lowest BCUT2D eigenvalue weighted by Crippen LogP contribution is -2.13. The van der Waals surface area contributed by atoms with Crippen LogP contribution in [0.2, 0.25) is 0 Å². The Morgan fingerprint density at radius 1 is 0.800 bits per heavy atom. The Morgan fingerprint density at radius 2 is 1.46 bits per heavy atom. The molecular formula is C27H25NO6S. The van der Waals surface area contributed by atoms with Gasteiger partial charge in [0.1, 0.15) is 5.75 Å². The molecule has 4 aromatic rings. The van der Waals surface area contributed by atoms with E-state index in [4.69, 9.17) is 14.2 Å². The number of methoxy groups -OCH3 is 3. The number of ether oxygens (including phenoxy) is 3. The highest BCUT2D eigenvalue weighted by Gasteiger charge is 2.29. The fraction of sp³-hybridized carbons (Fsp3) is 0.185. The fourth-order valence-corrected chi connectivity index (χ4v) is 5.47. The van der Waals surface area contributed by atoms with Gasteiger partial charge < -0.3 is 14.2 Å². The molecule has 0 unspecified atom stereocenters. The van der Waals surface area contributed by atoms with Crippen LogP contribution in [0.4, 0.5) is 0 Å². The first kappa shape index (κ1) is 24.2. The average Bonchev–Trinajstić information content (AvgIpc) is 2.88. The van der Waals surface area contributed by atoms with Crippen LogP contribution >= 0.6 is 0 Å². The highest BCUT2D eigenvalue weighted by molar-refractivity contribution is 7.91. The molecule has 0 saturated heterocycles. The van der Waals surface area contributed by atoms with E-state index in [0.29, 0.717) is 28.3 Å². The maximum atomic E-state index is 14.0. The lowest BCUT2D eigenvalue weighted by atomic mass is 9.99. The number of ketones is 1. The summed E-state index contributed by atoms with van der Waals surface area (Å²) >= 11 is 0. The summed E-state index contributed by atoms with van der Waals surface area (Å²) in [5.74, 6) is 0.794. The number of carbonyl (C=O) groups is 1. The zero-order chi connectivity index (χ0) is 25.3. The van der Waals surface area contributed by atoms with Crippen molar-refractivity contribution in [1.29, 1.82) is 0 Å². The lowest BCUT2D eigenvalue weighted by molar-refractivity contribution is 0.103. The van der Waals surface area contributed by atoms with E-state index < -0.39 is 15.6 Å². The van der Waals surface area contributed by atoms with E-state index >= 15 is 0 Å². The van der Waals surface area contributed by atoms with Crippen molar-refractivity contribution in [3.8, 4) is 17.2 Å². The number of aromatic nitrogens is 1. The van der Waals surface area contributed by atoms with Gasteiger partial charge in [0, 0.05) is 23.2 Å². The third-order valence-electron chi connectivity index (χ3n) is 5.98. The van der Waals surface area contributed by atoms with Crippen molar-refractivity contribution in [2.45, 2.75) is 23.6 Å². The van der Waals surface area contributed by atoms with Crippen LogP contribution in [-0.4, -0.2) is 40.5 Å². The van der Waals surface area contributed by atoms with Gasteiger partial charge in [0.2, 0.25) is 9.84 Å². The molecule has 0 spiro atoms. The molecule has 0 N–H and O–H groups in total. The molecule has 1 aromatic heterocycles. The lowest BCUT2D eigenvalue weighted by Gasteiger charge is -2.16. The van der Waals surface area contributed by atoms with Crippen LogP contribution in [0.3, 0.4) is 0 Å². The molecular weight excluding hydrogens is 466 g/mol. The van der Waals surface area contributed by atoms with Crippen LogP contribution in [0.15, 0.2) is 70.6 Å². The molecule has 4 rings (SSSR count). The number of hydrogen-bond donors (Lipinski definition) is 0. The minimum atomic E-state index is -4.15. The van der Waals surface area contributed by atoms with Gasteiger partial charge in [-0.25, -0.2) is 8.42 Å². The third kappa shape index (κ3) is 4.33. The minimum Gasteiger partial charge on any atom is -0.497 e. The topological polar surface area (TPSA) is 91.8 Å². The summed E-state index contributed by atoms with van der Waals surface area (Å²) in [6, 6.07) is 14.4. The predicted molar refractivity (Wildman–Crippen MR) is 133 cm³/mol. The number of pyridine rings is 1. The third-order valence-corrected chi connectivity index (χ3v) is 7.85. The van der Waals surface area contributed by atoms with Crippen LogP contribution < -0.4 is 14.2 Å². The van der Waals surface area contributed by atoms with Crippen LogP contribution in [0.25, 0.3) is 10.9 Å². The molecule has 3 aromatic carbocycles. The standard InChI is InChI=1S/C27H25NO6S/c1-16-6-7-18(12-17(16)2)26(29)22-15-28-23-14-25(34-5)24(33-4)13-21(23)27(22)35(30,31)20-10-8-19(32-3)9-11-20/h6-15H,1-5H3. The van der Waals surface area contributed by atoms with Crippen molar-refractivity contribution in [3.05, 3.63) is 83.0 Å². The molecule has 0 radical (unpaired) electrons. The Labute approximate surface area is 204 Å². The fourth-order valence-electron chi connectivity index (χ4n) is 3.86. The number of fused-ring (bicyclic) bond motifs is 1. The molecule has 0 aliphatic heterocycles. The molecule has 0 atom stereocenters. The van der Waals surface area contributed by atoms with Crippen LogP contribution in [-0.2, 0) is 9.84 Å². The quantitative estimate of drug-likeness (QED) is 0.338. The van der Waals surface area contributed by atoms with E-state index in [9.17, 15) is 13.2 Å². The molecule has 180 valence electrons. The van der Waals surface area contributed by atoms with Crippen molar-refractivity contribution in [2.75, 3.05) is 21.3 Å². The van der Waals surface area contributed by atoms with Crippen LogP contribution in [0.1, 0.15) is 27.0 Å². The van der Waals surface area contributed by atoms with E-state index in [0.717, 1.165) is 11.1 Å². The van der Waals surface area contributed by atoms with Crippen LogP contribution in [0.5, 0.6) is 17.2 Å². The Bertz CT molecular complexity index is 1540. The van der Waals surface area contributed by atoms with Gasteiger partial charge in [0.05, 0.1) is 42.2 Å². The van der Waals surface area contributed by atoms with Gasteiger partial charge in [0.25, 0.3) is 0 Å². The summed E-state index contributed by atoms with van der Waals surface area (Å²) in [6.07, 6.45) is 1.31. The Hall–Kier alpha value is -3.91. The summed E-state index contributed by atoms with van der Waals surface area (Å²) in [6.45, 7) is 3.84. The zero-order valence-electron chi connectivity index (χ0n) is 20.1. The maximum absolute atomic E-state index is 14.0. The highest BCUT2D eigenvalue weighted by atomic mass is 32.2. The maximum Gasteiger partial charge on any atom is 0.208 e. The van der Waals surface area contributed by atoms with E-state index in [1.54, 1.807) is 30.3 Å². The number of benzene rings is 3. The van der Waals surface area contributed by atoms with Crippen molar-refractivity contribution < 1.29 is 27.4 Å². The van der Waals surface area contributed by atoms with Crippen LogP contribution in [0, 0.1) is 13.8 Å². The van der Waals surface area contributed by atoms with Crippen molar-refractivity contribution in [3.63, 3.8) is 0 Å². The highest BCUT2D eigenvalue weighted by Crippen LogP contribution is 2.38. The molecule has 0 aliphatic rings. The minimum absolute atomic E-state index is 0.0229. The summed E-state index contributed by atoms with van der Waals surface area (Å²) in [7, 11) is 0.290. The van der Waals surface area contributed by atoms with E-state index in [1.807, 2.05) is 19.9 Å². The largest absolute Gasteiger partial charge is 0.497 e. The summed E-state index contributed by atoms with van der Waals surface area (Å²) in [4.78, 5) is 17.9. The Balaban J connectivity index is 2.05. The molecule has 1 heterocycles. The smallest absolute Gasteiger partial charge is 0.208 e. The van der Waals surface area contributed by atoms with Crippen molar-refractivity contribution in [1.82, 2.24) is 4.98 Å². The van der Waals surface area contributed by atoms with Crippen molar-refractivity contribution in [2.24, 2.45) is 0 Å². The van der Waals surface area contributed by atoms with Gasteiger partial charge in [-0.15, -0.1) is 0 Å². The SMILES string of the molecule is COc1ccc(S(=O)(=O)c2c(C(=O)c3ccc(C)c(C)c3)cnc3cc(OC)c(OC)cc23)cc1. The second-order valence-electron chi connectivity index (χ2n) is 8.03. The monoisotopic (exact) mass is 491 g/mol. The molecule has 35 heavy (non-hydrogen) atoms. The average molecular weight is 492 g/mol. The molecule has 0 amide bonds. The number of hydrogen-bond acceptors (Lipinski definition) is 7. The second-order valence-corrected chi connectivity index (χ2v) is 9.92. The van der Waals surface area contributed by atoms with Gasteiger partial charge in [-0.05, 0) is 61.4 Å². The molecule has 7 nitrogen and oxygen atoms in total. The van der Waals surface area contributed by atoms with E-state index in [1.165, 1.54) is 45.7 Å². The van der Waals surface area contributed by atoms with Gasteiger partial charge >= 0.3 is 0 Å². The summed E-state index contributed by atoms with van der Waals surface area (Å²) in [5, 5.41) is 0.258. The Kier molecular flexibility index (Phi) is 6.49. The normalized spacial score (nSPS) is 11.3. The Morgan fingerprint density at radius 3 is 2.06 bits per heavy atom. The number of nitrogens with zero attached hydrogens (tertiary/aromatic N) is 1. The van der Waals surface area contributed by atoms with Crippen molar-refractivity contribution >= 4 is 26.5 Å². The second kappa shape index (κ2) is 9.38. The number of rotatable bonds is 7.